The topological polar surface area (TPSA) is 94.0 Å². The van der Waals surface area contributed by atoms with E-state index < -0.39 is 0 Å². The summed E-state index contributed by atoms with van der Waals surface area (Å²) < 4.78 is 10.7. The molecule has 0 radical (unpaired) electrons. The van der Waals surface area contributed by atoms with Gasteiger partial charge in [0.25, 0.3) is 11.6 Å². The summed E-state index contributed by atoms with van der Waals surface area (Å²) in [6.45, 7) is 1.79. The number of amides is 1. The van der Waals surface area contributed by atoms with Crippen molar-refractivity contribution < 1.29 is 13.7 Å². The van der Waals surface area contributed by atoms with Crippen molar-refractivity contribution in [1.82, 2.24) is 15.1 Å². The first-order valence-corrected chi connectivity index (χ1v) is 9.11. The first kappa shape index (κ1) is 15.3. The van der Waals surface area contributed by atoms with E-state index in [0.717, 1.165) is 25.0 Å². The fraction of sp³-hybridized carbons (Fsp3) is 0.222. The number of carbonyl (C=O) groups is 1. The number of nitrogens with zero attached hydrogens (tertiary/aromatic N) is 3. The number of thiazole rings is 1. The molecule has 0 spiro atoms. The van der Waals surface area contributed by atoms with Gasteiger partial charge in [0, 0.05) is 4.88 Å². The molecule has 1 N–H and O–H groups in total. The van der Waals surface area contributed by atoms with Gasteiger partial charge in [-0.2, -0.15) is 0 Å². The highest BCUT2D eigenvalue weighted by Crippen LogP contribution is 2.32. The van der Waals surface area contributed by atoms with Crippen molar-refractivity contribution >= 4 is 33.5 Å². The van der Waals surface area contributed by atoms with Crippen molar-refractivity contribution in [1.29, 1.82) is 0 Å². The molecule has 8 heteroatoms. The van der Waals surface area contributed by atoms with E-state index in [2.05, 4.69) is 20.4 Å². The highest BCUT2D eigenvalue weighted by atomic mass is 32.1. The molecule has 0 unspecified atom stereocenters. The average molecular weight is 366 g/mol. The van der Waals surface area contributed by atoms with Crippen LogP contribution in [0.3, 0.4) is 0 Å². The first-order valence-electron chi connectivity index (χ1n) is 8.30. The van der Waals surface area contributed by atoms with Crippen molar-refractivity contribution in [2.75, 3.05) is 5.32 Å². The number of fused-ring (bicyclic) bond motifs is 2. The molecule has 0 saturated heterocycles. The zero-order valence-corrected chi connectivity index (χ0v) is 14.7. The van der Waals surface area contributed by atoms with E-state index in [4.69, 9.17) is 8.94 Å². The molecule has 0 saturated carbocycles. The normalized spacial score (nSPS) is 13.3. The van der Waals surface area contributed by atoms with Crippen molar-refractivity contribution in [2.45, 2.75) is 26.2 Å². The minimum Gasteiger partial charge on any atom is -0.463 e. The summed E-state index contributed by atoms with van der Waals surface area (Å²) in [5, 5.41) is 8.08. The zero-order chi connectivity index (χ0) is 17.7. The number of nitrogens with one attached hydrogen (secondary N) is 1. The Morgan fingerprint density at radius 2 is 2.23 bits per heavy atom. The molecule has 4 aromatic rings. The summed E-state index contributed by atoms with van der Waals surface area (Å²) in [4.78, 5) is 23.2. The summed E-state index contributed by atoms with van der Waals surface area (Å²) in [5.41, 5.74) is 2.98. The predicted molar refractivity (Wildman–Crippen MR) is 96.3 cm³/mol. The Bertz CT molecular complexity index is 1110. The average Bonchev–Trinajstić information content (AvgIpc) is 3.38. The fourth-order valence-electron chi connectivity index (χ4n) is 3.23. The Morgan fingerprint density at radius 3 is 3.04 bits per heavy atom. The maximum atomic E-state index is 13.0. The zero-order valence-electron chi connectivity index (χ0n) is 13.9. The second kappa shape index (κ2) is 5.77. The molecule has 4 heterocycles. The van der Waals surface area contributed by atoms with E-state index in [9.17, 15) is 4.79 Å². The lowest BCUT2D eigenvalue weighted by molar-refractivity contribution is 0.102. The molecule has 1 aliphatic rings. The van der Waals surface area contributed by atoms with E-state index in [0.29, 0.717) is 38.9 Å². The Labute approximate surface area is 152 Å². The monoisotopic (exact) mass is 366 g/mol. The van der Waals surface area contributed by atoms with Crippen LogP contribution in [0.2, 0.25) is 0 Å². The van der Waals surface area contributed by atoms with Crippen LogP contribution in [0.25, 0.3) is 22.6 Å². The second-order valence-corrected chi connectivity index (χ2v) is 7.26. The predicted octanol–water partition coefficient (Wildman–Crippen LogP) is 3.99. The largest absolute Gasteiger partial charge is 0.463 e. The highest BCUT2D eigenvalue weighted by Gasteiger charge is 2.22. The molecular weight excluding hydrogens is 352 g/mol. The van der Waals surface area contributed by atoms with Gasteiger partial charge in [0.1, 0.15) is 5.69 Å². The number of aromatic nitrogens is 3. The van der Waals surface area contributed by atoms with Gasteiger partial charge < -0.3 is 8.94 Å². The molecule has 0 aromatic carbocycles. The van der Waals surface area contributed by atoms with Crippen LogP contribution < -0.4 is 5.32 Å². The van der Waals surface area contributed by atoms with Crippen LogP contribution in [0.5, 0.6) is 0 Å². The Morgan fingerprint density at radius 1 is 1.31 bits per heavy atom. The first-order chi connectivity index (χ1) is 12.7. The van der Waals surface area contributed by atoms with Crippen LogP contribution in [0.1, 0.15) is 33.0 Å². The van der Waals surface area contributed by atoms with Crippen LogP contribution in [-0.2, 0) is 12.8 Å². The molecule has 0 atom stereocenters. The molecule has 1 amide bonds. The Kier molecular flexibility index (Phi) is 3.39. The smallest absolute Gasteiger partial charge is 0.259 e. The summed E-state index contributed by atoms with van der Waals surface area (Å²) in [6.07, 6.45) is 4.72. The number of pyridine rings is 1. The Balaban J connectivity index is 1.57. The van der Waals surface area contributed by atoms with Gasteiger partial charge in [-0.3, -0.25) is 10.1 Å². The van der Waals surface area contributed by atoms with Gasteiger partial charge in [-0.15, -0.1) is 11.3 Å². The number of anilines is 1. The molecular formula is C18H14N4O3S. The van der Waals surface area contributed by atoms with Crippen LogP contribution in [-0.4, -0.2) is 21.0 Å². The van der Waals surface area contributed by atoms with E-state index in [1.807, 2.05) is 0 Å². The van der Waals surface area contributed by atoms with Gasteiger partial charge in [0.05, 0.1) is 28.6 Å². The standard InChI is InChI=1S/C18H14N4O3S/c1-9-15-10(16(23)21-18-20-11-4-2-6-14(11)26-18)8-12(13-5-3-7-24-13)19-17(15)25-22-9/h3,5,7-8H,2,4,6H2,1H3,(H,20,21,23). The Hall–Kier alpha value is -3.00. The van der Waals surface area contributed by atoms with Gasteiger partial charge >= 0.3 is 0 Å². The van der Waals surface area contributed by atoms with Crippen LogP contribution >= 0.6 is 11.3 Å². The molecule has 1 aliphatic carbocycles. The lowest BCUT2D eigenvalue weighted by Crippen LogP contribution is -2.13. The fourth-order valence-corrected chi connectivity index (χ4v) is 4.28. The van der Waals surface area contributed by atoms with Crippen molar-refractivity contribution in [3.63, 3.8) is 0 Å². The van der Waals surface area contributed by atoms with Gasteiger partial charge in [-0.05, 0) is 44.4 Å². The summed E-state index contributed by atoms with van der Waals surface area (Å²) in [5.74, 6) is 0.298. The maximum absolute atomic E-state index is 13.0. The van der Waals surface area contributed by atoms with Crippen LogP contribution in [0.15, 0.2) is 33.4 Å². The molecule has 4 aromatic heterocycles. The SMILES string of the molecule is Cc1noc2nc(-c3ccco3)cc(C(=O)Nc3nc4c(s3)CCC4)c12. The maximum Gasteiger partial charge on any atom is 0.259 e. The third-order valence-corrected chi connectivity index (χ3v) is 5.52. The summed E-state index contributed by atoms with van der Waals surface area (Å²) in [7, 11) is 0. The van der Waals surface area contributed by atoms with E-state index in [1.165, 1.54) is 4.88 Å². The number of carbonyl (C=O) groups excluding carboxylic acids is 1. The summed E-state index contributed by atoms with van der Waals surface area (Å²) in [6, 6.07) is 5.25. The second-order valence-electron chi connectivity index (χ2n) is 6.18. The van der Waals surface area contributed by atoms with Crippen molar-refractivity contribution in [3.8, 4) is 11.5 Å². The molecule has 5 rings (SSSR count). The quantitative estimate of drug-likeness (QED) is 0.589. The van der Waals surface area contributed by atoms with Gasteiger partial charge in [0.2, 0.25) is 0 Å². The number of hydrogen-bond donors (Lipinski definition) is 1. The van der Waals surface area contributed by atoms with Gasteiger partial charge in [-0.1, -0.05) is 5.16 Å². The van der Waals surface area contributed by atoms with Crippen molar-refractivity contribution in [3.05, 3.63) is 46.3 Å². The summed E-state index contributed by atoms with van der Waals surface area (Å²) >= 11 is 1.54. The van der Waals surface area contributed by atoms with Gasteiger partial charge in [-0.25, -0.2) is 9.97 Å². The minimum absolute atomic E-state index is 0.260. The minimum atomic E-state index is -0.260. The third kappa shape index (κ3) is 2.41. The number of furan rings is 1. The van der Waals surface area contributed by atoms with Gasteiger partial charge in [0.15, 0.2) is 10.9 Å². The molecule has 0 aliphatic heterocycles. The molecule has 0 bridgehead atoms. The number of hydrogen-bond acceptors (Lipinski definition) is 7. The lowest BCUT2D eigenvalue weighted by Gasteiger charge is -2.05. The van der Waals surface area contributed by atoms with E-state index in [1.54, 1.807) is 42.7 Å². The van der Waals surface area contributed by atoms with E-state index >= 15 is 0 Å². The molecule has 0 fully saturated rings. The molecule has 26 heavy (non-hydrogen) atoms. The molecule has 130 valence electrons. The third-order valence-electron chi connectivity index (χ3n) is 4.45. The lowest BCUT2D eigenvalue weighted by atomic mass is 10.1. The highest BCUT2D eigenvalue weighted by molar-refractivity contribution is 7.16. The molecule has 7 nitrogen and oxygen atoms in total. The van der Waals surface area contributed by atoms with E-state index in [-0.39, 0.29) is 5.91 Å². The number of aryl methyl sites for hydroxylation is 3. The van der Waals surface area contributed by atoms with Crippen LogP contribution in [0.4, 0.5) is 5.13 Å². The van der Waals surface area contributed by atoms with Crippen molar-refractivity contribution in [2.24, 2.45) is 0 Å². The van der Waals surface area contributed by atoms with Crippen LogP contribution in [0, 0.1) is 6.92 Å². The number of rotatable bonds is 3.